The average Bonchev–Trinajstić information content (AvgIpc) is 3.03. The van der Waals surface area contributed by atoms with Crippen molar-refractivity contribution in [2.75, 3.05) is 39.4 Å². The first-order valence-electron chi connectivity index (χ1n) is 10.2. The minimum atomic E-state index is -3.92. The molecule has 170 valence electrons. The number of non-ortho nitro benzene ring substituents is 1. The number of carbonyl (C=O) groups excluding carboxylic acids is 1. The topological polar surface area (TPSA) is 119 Å². The lowest BCUT2D eigenvalue weighted by atomic mass is 10.1. The summed E-state index contributed by atoms with van der Waals surface area (Å²) in [5.74, 6) is 0.905. The SMILES string of the molecule is Cc1ccc([N+](=O)[O-])cc1S(=O)(=O)N1CCN(C(=O)c2ccc3c(c2)OCCCO3)CC1. The van der Waals surface area contributed by atoms with Gasteiger partial charge in [0.25, 0.3) is 11.6 Å². The van der Waals surface area contributed by atoms with E-state index in [0.717, 1.165) is 12.5 Å². The predicted octanol–water partition coefficient (Wildman–Crippen LogP) is 2.21. The highest BCUT2D eigenvalue weighted by molar-refractivity contribution is 7.89. The summed E-state index contributed by atoms with van der Waals surface area (Å²) >= 11 is 0. The van der Waals surface area contributed by atoms with Crippen molar-refractivity contribution in [2.24, 2.45) is 0 Å². The molecule has 2 heterocycles. The number of nitrogens with zero attached hydrogens (tertiary/aromatic N) is 3. The number of fused-ring (bicyclic) bond motifs is 1. The Labute approximate surface area is 185 Å². The third-order valence-corrected chi connectivity index (χ3v) is 7.56. The Morgan fingerprint density at radius 3 is 2.38 bits per heavy atom. The van der Waals surface area contributed by atoms with Crippen LogP contribution in [0.2, 0.25) is 0 Å². The van der Waals surface area contributed by atoms with E-state index in [2.05, 4.69) is 0 Å². The summed E-state index contributed by atoms with van der Waals surface area (Å²) in [6.45, 7) is 3.28. The normalized spacial score (nSPS) is 17.0. The van der Waals surface area contributed by atoms with Crippen LogP contribution in [-0.2, 0) is 10.0 Å². The molecule has 2 aromatic carbocycles. The van der Waals surface area contributed by atoms with Gasteiger partial charge in [-0.1, -0.05) is 6.07 Å². The molecule has 0 saturated carbocycles. The quantitative estimate of drug-likeness (QED) is 0.506. The summed E-state index contributed by atoms with van der Waals surface area (Å²) in [6.07, 6.45) is 0.762. The van der Waals surface area contributed by atoms with E-state index in [1.54, 1.807) is 30.0 Å². The molecule has 11 heteroatoms. The molecule has 0 atom stereocenters. The number of carbonyl (C=O) groups is 1. The number of rotatable bonds is 4. The zero-order chi connectivity index (χ0) is 22.9. The summed E-state index contributed by atoms with van der Waals surface area (Å²) in [7, 11) is -3.92. The first-order valence-corrected chi connectivity index (χ1v) is 11.7. The predicted molar refractivity (Wildman–Crippen MR) is 115 cm³/mol. The molecule has 0 aromatic heterocycles. The van der Waals surface area contributed by atoms with Crippen LogP contribution < -0.4 is 9.47 Å². The monoisotopic (exact) mass is 461 g/mol. The van der Waals surface area contributed by atoms with E-state index in [-0.39, 0.29) is 42.7 Å². The van der Waals surface area contributed by atoms with Crippen molar-refractivity contribution in [1.29, 1.82) is 0 Å². The molecule has 2 aliphatic heterocycles. The molecule has 0 unspecified atom stereocenters. The minimum absolute atomic E-state index is 0.0885. The van der Waals surface area contributed by atoms with E-state index in [1.165, 1.54) is 16.4 Å². The highest BCUT2D eigenvalue weighted by Crippen LogP contribution is 2.31. The summed E-state index contributed by atoms with van der Waals surface area (Å²) < 4.78 is 38.7. The van der Waals surface area contributed by atoms with Gasteiger partial charge in [0.1, 0.15) is 0 Å². The lowest BCUT2D eigenvalue weighted by Crippen LogP contribution is -2.50. The Kier molecular flexibility index (Phi) is 6.02. The molecule has 0 radical (unpaired) electrons. The number of amides is 1. The summed E-state index contributed by atoms with van der Waals surface area (Å²) in [5.41, 5.74) is 0.596. The number of piperazine rings is 1. The largest absolute Gasteiger partial charge is 0.490 e. The molecule has 0 spiro atoms. The number of sulfonamides is 1. The Balaban J connectivity index is 1.47. The third kappa shape index (κ3) is 4.26. The molecule has 0 N–H and O–H groups in total. The lowest BCUT2D eigenvalue weighted by Gasteiger charge is -2.34. The zero-order valence-corrected chi connectivity index (χ0v) is 18.3. The van der Waals surface area contributed by atoms with E-state index in [0.29, 0.717) is 35.8 Å². The minimum Gasteiger partial charge on any atom is -0.490 e. The number of nitro benzene ring substituents is 1. The zero-order valence-electron chi connectivity index (χ0n) is 17.5. The molecule has 10 nitrogen and oxygen atoms in total. The van der Waals surface area contributed by atoms with Crippen LogP contribution in [-0.4, -0.2) is 67.8 Å². The second-order valence-electron chi connectivity index (χ2n) is 7.62. The van der Waals surface area contributed by atoms with Gasteiger partial charge in [-0.3, -0.25) is 14.9 Å². The molecular formula is C21H23N3O7S. The second kappa shape index (κ2) is 8.75. The van der Waals surface area contributed by atoms with Gasteiger partial charge in [0.15, 0.2) is 11.5 Å². The number of benzene rings is 2. The fraction of sp³-hybridized carbons (Fsp3) is 0.381. The van der Waals surface area contributed by atoms with Gasteiger partial charge in [0.05, 0.1) is 23.0 Å². The van der Waals surface area contributed by atoms with E-state index >= 15 is 0 Å². The van der Waals surface area contributed by atoms with Crippen LogP contribution in [0.3, 0.4) is 0 Å². The molecule has 4 rings (SSSR count). The van der Waals surface area contributed by atoms with Crippen molar-refractivity contribution in [3.05, 3.63) is 57.6 Å². The fourth-order valence-electron chi connectivity index (χ4n) is 3.73. The van der Waals surface area contributed by atoms with Gasteiger partial charge in [-0.2, -0.15) is 4.31 Å². The van der Waals surface area contributed by atoms with Crippen molar-refractivity contribution in [3.8, 4) is 11.5 Å². The highest BCUT2D eigenvalue weighted by Gasteiger charge is 2.32. The summed E-state index contributed by atoms with van der Waals surface area (Å²) in [4.78, 5) is 24.9. The van der Waals surface area contributed by atoms with Gasteiger partial charge in [-0.05, 0) is 30.7 Å². The first kappa shape index (κ1) is 22.0. The smallest absolute Gasteiger partial charge is 0.270 e. The van der Waals surface area contributed by atoms with Crippen molar-refractivity contribution in [2.45, 2.75) is 18.2 Å². The van der Waals surface area contributed by atoms with Gasteiger partial charge in [0, 0.05) is 50.3 Å². The standard InChI is InChI=1S/C21H23N3O7S/c1-15-3-5-17(24(26)27)14-20(15)32(28,29)23-9-7-22(8-10-23)21(25)16-4-6-18-19(13-16)31-12-2-11-30-18/h3-6,13-14H,2,7-12H2,1H3. The van der Waals surface area contributed by atoms with E-state index in [4.69, 9.17) is 9.47 Å². The maximum absolute atomic E-state index is 13.1. The van der Waals surface area contributed by atoms with Crippen LogP contribution in [0.15, 0.2) is 41.3 Å². The van der Waals surface area contributed by atoms with Crippen LogP contribution in [0.25, 0.3) is 0 Å². The van der Waals surface area contributed by atoms with Gasteiger partial charge >= 0.3 is 0 Å². The molecule has 0 bridgehead atoms. The first-order chi connectivity index (χ1) is 15.3. The van der Waals surface area contributed by atoms with Crippen LogP contribution in [0.1, 0.15) is 22.3 Å². The van der Waals surface area contributed by atoms with Crippen LogP contribution in [0.4, 0.5) is 5.69 Å². The number of hydrogen-bond acceptors (Lipinski definition) is 7. The molecule has 1 fully saturated rings. The van der Waals surface area contributed by atoms with E-state index < -0.39 is 14.9 Å². The molecule has 32 heavy (non-hydrogen) atoms. The van der Waals surface area contributed by atoms with E-state index in [9.17, 15) is 23.3 Å². The number of hydrogen-bond donors (Lipinski definition) is 0. The number of aryl methyl sites for hydroxylation is 1. The Hall–Kier alpha value is -3.18. The molecule has 2 aliphatic rings. The van der Waals surface area contributed by atoms with Crippen LogP contribution >= 0.6 is 0 Å². The Bertz CT molecular complexity index is 1160. The average molecular weight is 461 g/mol. The van der Waals surface area contributed by atoms with Crippen molar-refractivity contribution in [1.82, 2.24) is 9.21 Å². The van der Waals surface area contributed by atoms with Crippen LogP contribution in [0, 0.1) is 17.0 Å². The van der Waals surface area contributed by atoms with Crippen molar-refractivity contribution < 1.29 is 27.6 Å². The molecule has 1 amide bonds. The maximum atomic E-state index is 13.1. The Morgan fingerprint density at radius 1 is 1.00 bits per heavy atom. The molecule has 2 aromatic rings. The maximum Gasteiger partial charge on any atom is 0.270 e. The van der Waals surface area contributed by atoms with E-state index in [1.807, 2.05) is 0 Å². The van der Waals surface area contributed by atoms with Gasteiger partial charge in [-0.15, -0.1) is 0 Å². The summed E-state index contributed by atoms with van der Waals surface area (Å²) in [6, 6.07) is 8.82. The molecular weight excluding hydrogens is 438 g/mol. The van der Waals surface area contributed by atoms with Gasteiger partial charge in [-0.25, -0.2) is 8.42 Å². The highest BCUT2D eigenvalue weighted by atomic mass is 32.2. The lowest BCUT2D eigenvalue weighted by molar-refractivity contribution is -0.385. The van der Waals surface area contributed by atoms with Gasteiger partial charge in [0.2, 0.25) is 10.0 Å². The van der Waals surface area contributed by atoms with Crippen molar-refractivity contribution in [3.63, 3.8) is 0 Å². The fourth-order valence-corrected chi connectivity index (χ4v) is 5.40. The Morgan fingerprint density at radius 2 is 1.69 bits per heavy atom. The number of ether oxygens (including phenoxy) is 2. The second-order valence-corrected chi connectivity index (χ2v) is 9.52. The third-order valence-electron chi connectivity index (χ3n) is 5.52. The summed E-state index contributed by atoms with van der Waals surface area (Å²) in [5, 5.41) is 11.1. The van der Waals surface area contributed by atoms with Crippen LogP contribution in [0.5, 0.6) is 11.5 Å². The molecule has 0 aliphatic carbocycles. The van der Waals surface area contributed by atoms with Gasteiger partial charge < -0.3 is 14.4 Å². The number of nitro groups is 1. The van der Waals surface area contributed by atoms with Crippen molar-refractivity contribution >= 4 is 21.6 Å². The molecule has 1 saturated heterocycles.